The maximum Gasteiger partial charge on any atom is 0.416 e. The molecule has 2 nitrogen and oxygen atoms in total. The first kappa shape index (κ1) is 17.0. The Morgan fingerprint density at radius 2 is 1.77 bits per heavy atom. The van der Waals surface area contributed by atoms with Crippen molar-refractivity contribution in [3.63, 3.8) is 0 Å². The van der Waals surface area contributed by atoms with E-state index in [4.69, 9.17) is 0 Å². The Bertz CT molecular complexity index is 506. The van der Waals surface area contributed by atoms with E-state index in [1.54, 1.807) is 19.2 Å². The fourth-order valence-electron chi connectivity index (χ4n) is 3.38. The van der Waals surface area contributed by atoms with E-state index >= 15 is 0 Å². The molecule has 0 aromatic heterocycles. The van der Waals surface area contributed by atoms with Gasteiger partial charge in [0.2, 0.25) is 0 Å². The predicted molar refractivity (Wildman–Crippen MR) is 83.4 cm³/mol. The highest BCUT2D eigenvalue weighted by Gasteiger charge is 2.33. The van der Waals surface area contributed by atoms with Crippen molar-refractivity contribution in [3.8, 4) is 0 Å². The third kappa shape index (κ3) is 3.88. The predicted octanol–water partition coefficient (Wildman–Crippen LogP) is 4.22. The number of nitrogens with zero attached hydrogens (tertiary/aromatic N) is 2. The lowest BCUT2D eigenvalue weighted by Crippen LogP contribution is -2.40. The smallest absolute Gasteiger partial charge is 0.306 e. The Morgan fingerprint density at radius 1 is 1.14 bits per heavy atom. The van der Waals surface area contributed by atoms with Gasteiger partial charge in [0, 0.05) is 25.2 Å². The Kier molecular flexibility index (Phi) is 5.27. The van der Waals surface area contributed by atoms with Crippen LogP contribution in [-0.4, -0.2) is 38.3 Å². The third-order valence-corrected chi connectivity index (χ3v) is 4.58. The first-order chi connectivity index (χ1) is 10.3. The first-order valence-electron chi connectivity index (χ1n) is 7.58. The van der Waals surface area contributed by atoms with Crippen LogP contribution >= 0.6 is 0 Å². The molecule has 0 radical (unpaired) electrons. The lowest BCUT2D eigenvalue weighted by Gasteiger charge is -2.38. The zero-order chi connectivity index (χ0) is 16.3. The van der Waals surface area contributed by atoms with E-state index in [0.29, 0.717) is 17.9 Å². The second kappa shape index (κ2) is 6.82. The molecule has 0 amide bonds. The highest BCUT2D eigenvalue weighted by Crippen LogP contribution is 2.38. The van der Waals surface area contributed by atoms with Crippen molar-refractivity contribution in [2.24, 2.45) is 10.9 Å². The fraction of sp³-hybridized carbons (Fsp3) is 0.588. The van der Waals surface area contributed by atoms with Crippen molar-refractivity contribution >= 4 is 6.21 Å². The summed E-state index contributed by atoms with van der Waals surface area (Å²) >= 11 is 0. The largest absolute Gasteiger partial charge is 0.416 e. The van der Waals surface area contributed by atoms with E-state index in [-0.39, 0.29) is 0 Å². The van der Waals surface area contributed by atoms with Crippen LogP contribution in [0.2, 0.25) is 0 Å². The second-order valence-corrected chi connectivity index (χ2v) is 6.23. The van der Waals surface area contributed by atoms with Crippen molar-refractivity contribution < 1.29 is 13.2 Å². The molecule has 0 aliphatic heterocycles. The quantitative estimate of drug-likeness (QED) is 0.763. The van der Waals surface area contributed by atoms with Crippen molar-refractivity contribution in [2.75, 3.05) is 21.1 Å². The fourth-order valence-corrected chi connectivity index (χ4v) is 3.38. The van der Waals surface area contributed by atoms with E-state index in [9.17, 15) is 13.2 Å². The maximum absolute atomic E-state index is 12.6. The van der Waals surface area contributed by atoms with Crippen molar-refractivity contribution in [1.82, 2.24) is 4.90 Å². The molecule has 1 saturated carbocycles. The standard InChI is InChI=1S/C17H23F3N2/c1-21-11-14-5-4-13(10-16(14)22(2)3)12-6-8-15(9-7-12)17(18,19)20/h6-9,11,13-14,16H,4-5,10H2,1-3H3/b21-11+/t13-,14?,16-/m0/s1. The summed E-state index contributed by atoms with van der Waals surface area (Å²) in [5.74, 6) is 0.738. The van der Waals surface area contributed by atoms with Crippen LogP contribution < -0.4 is 0 Å². The van der Waals surface area contributed by atoms with Crippen LogP contribution in [0.3, 0.4) is 0 Å². The molecule has 1 fully saturated rings. The Balaban J connectivity index is 2.13. The molecule has 1 aliphatic carbocycles. The molecule has 1 aromatic carbocycles. The number of halogens is 3. The average Bonchev–Trinajstić information content (AvgIpc) is 2.47. The molecule has 22 heavy (non-hydrogen) atoms. The minimum absolute atomic E-state index is 0.316. The Labute approximate surface area is 130 Å². The van der Waals surface area contributed by atoms with Gasteiger partial charge in [0.05, 0.1) is 5.56 Å². The molecular weight excluding hydrogens is 289 g/mol. The van der Waals surface area contributed by atoms with Crippen LogP contribution in [-0.2, 0) is 6.18 Å². The molecule has 5 heteroatoms. The monoisotopic (exact) mass is 312 g/mol. The zero-order valence-corrected chi connectivity index (χ0v) is 13.3. The molecule has 3 atom stereocenters. The van der Waals surface area contributed by atoms with Gasteiger partial charge in [0.25, 0.3) is 0 Å². The van der Waals surface area contributed by atoms with E-state index in [1.165, 1.54) is 12.1 Å². The van der Waals surface area contributed by atoms with Crippen LogP contribution in [0.15, 0.2) is 29.3 Å². The van der Waals surface area contributed by atoms with Gasteiger partial charge in [0.1, 0.15) is 0 Å². The summed E-state index contributed by atoms with van der Waals surface area (Å²) < 4.78 is 37.9. The molecule has 122 valence electrons. The summed E-state index contributed by atoms with van der Waals surface area (Å²) in [7, 11) is 5.89. The lowest BCUT2D eigenvalue weighted by atomic mass is 9.75. The first-order valence-corrected chi connectivity index (χ1v) is 7.58. The summed E-state index contributed by atoms with van der Waals surface area (Å²) in [6, 6.07) is 6.03. The summed E-state index contributed by atoms with van der Waals surface area (Å²) in [5, 5.41) is 0. The van der Waals surface area contributed by atoms with Gasteiger partial charge in [-0.3, -0.25) is 0 Å². The molecular formula is C17H23F3N2. The van der Waals surface area contributed by atoms with Gasteiger partial charge in [-0.05, 0) is 57.0 Å². The molecule has 0 heterocycles. The molecule has 1 aromatic rings. The highest BCUT2D eigenvalue weighted by atomic mass is 19.4. The van der Waals surface area contributed by atoms with E-state index < -0.39 is 11.7 Å². The highest BCUT2D eigenvalue weighted by molar-refractivity contribution is 5.62. The number of rotatable bonds is 3. The van der Waals surface area contributed by atoms with Gasteiger partial charge in [-0.1, -0.05) is 12.1 Å². The molecule has 0 spiro atoms. The number of hydrogen-bond donors (Lipinski definition) is 0. The number of aliphatic imine (C=N–C) groups is 1. The van der Waals surface area contributed by atoms with Crippen LogP contribution in [0.5, 0.6) is 0 Å². The van der Waals surface area contributed by atoms with Gasteiger partial charge < -0.3 is 9.89 Å². The van der Waals surface area contributed by atoms with Gasteiger partial charge in [-0.25, -0.2) is 0 Å². The van der Waals surface area contributed by atoms with Crippen molar-refractivity contribution in [3.05, 3.63) is 35.4 Å². The van der Waals surface area contributed by atoms with Crippen LogP contribution in [0, 0.1) is 5.92 Å². The van der Waals surface area contributed by atoms with Gasteiger partial charge in [0.15, 0.2) is 0 Å². The number of benzene rings is 1. The molecule has 2 rings (SSSR count). The summed E-state index contributed by atoms with van der Waals surface area (Å²) in [4.78, 5) is 6.35. The van der Waals surface area contributed by atoms with Crippen molar-refractivity contribution in [2.45, 2.75) is 37.4 Å². The minimum Gasteiger partial charge on any atom is -0.306 e. The maximum atomic E-state index is 12.6. The molecule has 1 aliphatic rings. The lowest BCUT2D eigenvalue weighted by molar-refractivity contribution is -0.137. The Morgan fingerprint density at radius 3 is 2.27 bits per heavy atom. The average molecular weight is 312 g/mol. The van der Waals surface area contributed by atoms with Crippen LogP contribution in [0.25, 0.3) is 0 Å². The number of alkyl halides is 3. The molecule has 1 unspecified atom stereocenters. The SMILES string of the molecule is C/N=C/C1CC[C@H](c2ccc(C(F)(F)F)cc2)C[C@@H]1N(C)C. The van der Waals surface area contributed by atoms with Crippen LogP contribution in [0.4, 0.5) is 13.2 Å². The van der Waals surface area contributed by atoms with Crippen molar-refractivity contribution in [1.29, 1.82) is 0 Å². The second-order valence-electron chi connectivity index (χ2n) is 6.23. The van der Waals surface area contributed by atoms with E-state index in [2.05, 4.69) is 24.0 Å². The normalized spacial score (nSPS) is 26.8. The summed E-state index contributed by atoms with van der Waals surface area (Å²) in [5.41, 5.74) is 0.430. The molecule has 0 saturated heterocycles. The van der Waals surface area contributed by atoms with Gasteiger partial charge >= 0.3 is 6.18 Å². The van der Waals surface area contributed by atoms with Crippen LogP contribution in [0.1, 0.15) is 36.3 Å². The third-order valence-electron chi connectivity index (χ3n) is 4.58. The molecule has 0 N–H and O–H groups in total. The number of hydrogen-bond acceptors (Lipinski definition) is 2. The summed E-state index contributed by atoms with van der Waals surface area (Å²) in [6.45, 7) is 0. The van der Waals surface area contributed by atoms with E-state index in [0.717, 1.165) is 24.8 Å². The minimum atomic E-state index is -4.26. The zero-order valence-electron chi connectivity index (χ0n) is 13.3. The van der Waals surface area contributed by atoms with Gasteiger partial charge in [-0.2, -0.15) is 13.2 Å². The topological polar surface area (TPSA) is 15.6 Å². The summed E-state index contributed by atoms with van der Waals surface area (Å²) in [6.07, 6.45) is 0.709. The van der Waals surface area contributed by atoms with E-state index in [1.807, 2.05) is 6.21 Å². The Hall–Kier alpha value is -1.36. The molecule has 0 bridgehead atoms. The van der Waals surface area contributed by atoms with Gasteiger partial charge in [-0.15, -0.1) is 0 Å².